The van der Waals surface area contributed by atoms with Crippen molar-refractivity contribution in [2.75, 3.05) is 13.7 Å². The molecule has 8 heteroatoms. The number of fused-ring (bicyclic) bond motifs is 1. The lowest BCUT2D eigenvalue weighted by atomic mass is 10.1. The molecule has 0 spiro atoms. The minimum Gasteiger partial charge on any atom is -0.497 e. The monoisotopic (exact) mass is 391 g/mol. The largest absolute Gasteiger partial charge is 0.497 e. The second-order valence-corrected chi connectivity index (χ2v) is 6.68. The number of ether oxygens (including phenoxy) is 1. The fraction of sp³-hybridized carbons (Fsp3) is 0.238. The van der Waals surface area contributed by atoms with Gasteiger partial charge in [-0.3, -0.25) is 4.79 Å². The van der Waals surface area contributed by atoms with Crippen LogP contribution in [0.4, 0.5) is 0 Å². The van der Waals surface area contributed by atoms with Crippen molar-refractivity contribution >= 4 is 17.0 Å². The Bertz CT molecular complexity index is 1130. The highest BCUT2D eigenvalue weighted by Crippen LogP contribution is 2.20. The summed E-state index contributed by atoms with van der Waals surface area (Å²) in [4.78, 5) is 16.9. The zero-order chi connectivity index (χ0) is 20.2. The first-order chi connectivity index (χ1) is 14.1. The zero-order valence-electron chi connectivity index (χ0n) is 16.3. The van der Waals surface area contributed by atoms with Crippen molar-refractivity contribution in [2.45, 2.75) is 12.8 Å². The number of hydrogen-bond donors (Lipinski definition) is 1. The predicted octanol–water partition coefficient (Wildman–Crippen LogP) is 2.53. The molecule has 0 saturated heterocycles. The quantitative estimate of drug-likeness (QED) is 0.520. The number of oxazole rings is 1. The third-order valence-electron chi connectivity index (χ3n) is 4.65. The molecule has 0 aliphatic rings. The number of methoxy groups -OCH3 is 1. The molecule has 8 nitrogen and oxygen atoms in total. The first kappa shape index (κ1) is 18.7. The normalized spacial score (nSPS) is 11.0. The third kappa shape index (κ3) is 4.26. The van der Waals surface area contributed by atoms with Crippen LogP contribution in [0.5, 0.6) is 5.75 Å². The number of hydrogen-bond acceptors (Lipinski definition) is 6. The third-order valence-corrected chi connectivity index (χ3v) is 4.65. The molecule has 0 bridgehead atoms. The zero-order valence-corrected chi connectivity index (χ0v) is 16.3. The van der Waals surface area contributed by atoms with Gasteiger partial charge in [-0.05, 0) is 35.9 Å². The van der Waals surface area contributed by atoms with Gasteiger partial charge in [0, 0.05) is 32.0 Å². The number of carbonyl (C=O) groups excluding carboxylic acids is 1. The summed E-state index contributed by atoms with van der Waals surface area (Å²) < 4.78 is 12.9. The predicted molar refractivity (Wildman–Crippen MR) is 107 cm³/mol. The Kier molecular flexibility index (Phi) is 5.24. The fourth-order valence-corrected chi connectivity index (χ4v) is 3.03. The average Bonchev–Trinajstić information content (AvgIpc) is 3.33. The summed E-state index contributed by atoms with van der Waals surface area (Å²) in [5, 5.41) is 10.7. The molecule has 0 saturated carbocycles. The molecule has 148 valence electrons. The molecule has 1 amide bonds. The smallest absolute Gasteiger partial charge is 0.251 e. The number of rotatable bonds is 7. The van der Waals surface area contributed by atoms with Crippen molar-refractivity contribution in [3.63, 3.8) is 0 Å². The van der Waals surface area contributed by atoms with Gasteiger partial charge in [-0.2, -0.15) is 0 Å². The van der Waals surface area contributed by atoms with Crippen molar-refractivity contribution in [1.82, 2.24) is 25.1 Å². The summed E-state index contributed by atoms with van der Waals surface area (Å²) in [7, 11) is 3.51. The average molecular weight is 391 g/mol. The Hall–Kier alpha value is -3.68. The van der Waals surface area contributed by atoms with Crippen LogP contribution in [0, 0.1) is 0 Å². The minimum absolute atomic E-state index is 0.165. The Morgan fingerprint density at radius 2 is 2.03 bits per heavy atom. The number of aryl methyl sites for hydroxylation is 1. The number of aromatic nitrogens is 4. The van der Waals surface area contributed by atoms with Crippen LogP contribution < -0.4 is 10.1 Å². The Morgan fingerprint density at radius 1 is 1.21 bits per heavy atom. The SMILES string of the molecule is COc1ccc(Cc2nc3ccc(C(=O)NCCc4nncn4C)cc3o2)cc1. The van der Waals surface area contributed by atoms with E-state index in [9.17, 15) is 4.79 Å². The highest BCUT2D eigenvalue weighted by atomic mass is 16.5. The van der Waals surface area contributed by atoms with E-state index in [-0.39, 0.29) is 5.91 Å². The molecule has 4 aromatic rings. The highest BCUT2D eigenvalue weighted by Gasteiger charge is 2.12. The van der Waals surface area contributed by atoms with E-state index in [1.165, 1.54) is 0 Å². The summed E-state index contributed by atoms with van der Waals surface area (Å²) in [6.07, 6.45) is 2.81. The maximum absolute atomic E-state index is 12.4. The second-order valence-electron chi connectivity index (χ2n) is 6.68. The van der Waals surface area contributed by atoms with Gasteiger partial charge in [0.15, 0.2) is 11.5 Å². The molecule has 0 atom stereocenters. The topological polar surface area (TPSA) is 95.1 Å². The van der Waals surface area contributed by atoms with Crippen LogP contribution in [0.2, 0.25) is 0 Å². The molecule has 0 aliphatic heterocycles. The van der Waals surface area contributed by atoms with Gasteiger partial charge in [-0.25, -0.2) is 4.98 Å². The molecule has 29 heavy (non-hydrogen) atoms. The lowest BCUT2D eigenvalue weighted by molar-refractivity contribution is 0.0954. The van der Waals surface area contributed by atoms with Gasteiger partial charge < -0.3 is 19.0 Å². The van der Waals surface area contributed by atoms with Crippen LogP contribution in [-0.2, 0) is 19.9 Å². The Morgan fingerprint density at radius 3 is 2.76 bits per heavy atom. The van der Waals surface area contributed by atoms with Crippen LogP contribution in [0.25, 0.3) is 11.1 Å². The summed E-state index contributed by atoms with van der Waals surface area (Å²) >= 11 is 0. The molecule has 2 aromatic heterocycles. The van der Waals surface area contributed by atoms with Gasteiger partial charge in [0.05, 0.1) is 7.11 Å². The lowest BCUT2D eigenvalue weighted by Gasteiger charge is -2.04. The van der Waals surface area contributed by atoms with Crippen LogP contribution >= 0.6 is 0 Å². The van der Waals surface area contributed by atoms with Gasteiger partial charge >= 0.3 is 0 Å². The van der Waals surface area contributed by atoms with Crippen LogP contribution in [0.1, 0.15) is 27.6 Å². The molecule has 2 heterocycles. The number of nitrogens with one attached hydrogen (secondary N) is 1. The summed E-state index contributed by atoms with van der Waals surface area (Å²) in [6, 6.07) is 13.0. The Balaban J connectivity index is 1.41. The molecule has 4 rings (SSSR count). The number of carbonyl (C=O) groups is 1. The van der Waals surface area contributed by atoms with Crippen molar-refractivity contribution < 1.29 is 13.9 Å². The van der Waals surface area contributed by atoms with Gasteiger partial charge in [0.25, 0.3) is 5.91 Å². The first-order valence-electron chi connectivity index (χ1n) is 9.26. The molecule has 1 N–H and O–H groups in total. The fourth-order valence-electron chi connectivity index (χ4n) is 3.03. The van der Waals surface area contributed by atoms with E-state index in [0.29, 0.717) is 36.4 Å². The van der Waals surface area contributed by atoms with Crippen molar-refractivity contribution in [3.05, 3.63) is 71.6 Å². The van der Waals surface area contributed by atoms with E-state index in [1.807, 2.05) is 35.9 Å². The highest BCUT2D eigenvalue weighted by molar-refractivity contribution is 5.97. The van der Waals surface area contributed by atoms with Gasteiger partial charge in [0.1, 0.15) is 23.4 Å². The number of benzene rings is 2. The van der Waals surface area contributed by atoms with Crippen LogP contribution in [0.3, 0.4) is 0 Å². The molecule has 0 radical (unpaired) electrons. The molecular weight excluding hydrogens is 370 g/mol. The van der Waals surface area contributed by atoms with Crippen molar-refractivity contribution in [3.8, 4) is 5.75 Å². The maximum atomic E-state index is 12.4. The van der Waals surface area contributed by atoms with E-state index in [2.05, 4.69) is 20.5 Å². The summed E-state index contributed by atoms with van der Waals surface area (Å²) in [6.45, 7) is 0.475. The van der Waals surface area contributed by atoms with Crippen molar-refractivity contribution in [2.24, 2.45) is 7.05 Å². The maximum Gasteiger partial charge on any atom is 0.251 e. The van der Waals surface area contributed by atoms with E-state index < -0.39 is 0 Å². The van der Waals surface area contributed by atoms with Crippen LogP contribution in [0.15, 0.2) is 53.2 Å². The van der Waals surface area contributed by atoms with E-state index in [1.54, 1.807) is 31.6 Å². The Labute approximate surface area is 167 Å². The van der Waals surface area contributed by atoms with Gasteiger partial charge in [0.2, 0.25) is 0 Å². The summed E-state index contributed by atoms with van der Waals surface area (Å²) in [5.41, 5.74) is 2.92. The molecular formula is C21H21N5O3. The number of amides is 1. The second kappa shape index (κ2) is 8.14. The molecule has 0 aliphatic carbocycles. The molecule has 0 fully saturated rings. The first-order valence-corrected chi connectivity index (χ1v) is 9.26. The number of nitrogens with zero attached hydrogens (tertiary/aromatic N) is 4. The van der Waals surface area contributed by atoms with E-state index in [4.69, 9.17) is 9.15 Å². The lowest BCUT2D eigenvalue weighted by Crippen LogP contribution is -2.26. The molecule has 0 unspecified atom stereocenters. The molecule has 2 aromatic carbocycles. The van der Waals surface area contributed by atoms with E-state index >= 15 is 0 Å². The van der Waals surface area contributed by atoms with Crippen LogP contribution in [-0.4, -0.2) is 39.3 Å². The summed E-state index contributed by atoms with van der Waals surface area (Å²) in [5.74, 6) is 2.06. The minimum atomic E-state index is -0.165. The standard InChI is InChI=1S/C21H21N5O3/c1-26-13-23-25-19(26)9-10-22-21(27)15-5-8-17-18(12-15)29-20(24-17)11-14-3-6-16(28-2)7-4-14/h3-8,12-13H,9-11H2,1-2H3,(H,22,27). The van der Waals surface area contributed by atoms with Gasteiger partial charge in [-0.1, -0.05) is 12.1 Å². The van der Waals surface area contributed by atoms with Crippen molar-refractivity contribution in [1.29, 1.82) is 0 Å². The van der Waals surface area contributed by atoms with Gasteiger partial charge in [-0.15, -0.1) is 10.2 Å². The van der Waals surface area contributed by atoms with E-state index in [0.717, 1.165) is 22.7 Å².